The molecule has 94 valence electrons. The third-order valence-corrected chi connectivity index (χ3v) is 2.47. The van der Waals surface area contributed by atoms with Crippen LogP contribution >= 0.6 is 0 Å². The Kier molecular flexibility index (Phi) is 5.22. The van der Waals surface area contributed by atoms with Gasteiger partial charge in [-0.25, -0.2) is 8.78 Å². The van der Waals surface area contributed by atoms with E-state index in [1.807, 2.05) is 6.92 Å². The number of benzene rings is 1. The highest BCUT2D eigenvalue weighted by Gasteiger charge is 2.10. The molecule has 0 fully saturated rings. The van der Waals surface area contributed by atoms with Crippen LogP contribution < -0.4 is 5.73 Å². The SMILES string of the molecule is CCCC(N)CC(=O)Cc1cc(F)cc(F)c1. The number of hydrogen-bond acceptors (Lipinski definition) is 2. The lowest BCUT2D eigenvalue weighted by atomic mass is 10.0. The zero-order chi connectivity index (χ0) is 12.8. The number of rotatable bonds is 6. The maximum atomic E-state index is 12.9. The van der Waals surface area contributed by atoms with Gasteiger partial charge in [0.15, 0.2) is 0 Å². The van der Waals surface area contributed by atoms with E-state index in [0.29, 0.717) is 5.56 Å². The Bertz CT molecular complexity index is 373. The maximum absolute atomic E-state index is 12.9. The minimum atomic E-state index is -0.661. The van der Waals surface area contributed by atoms with Crippen LogP contribution in [-0.4, -0.2) is 11.8 Å². The first kappa shape index (κ1) is 13.8. The van der Waals surface area contributed by atoms with Crippen LogP contribution in [-0.2, 0) is 11.2 Å². The van der Waals surface area contributed by atoms with E-state index in [2.05, 4.69) is 0 Å². The largest absolute Gasteiger partial charge is 0.327 e. The lowest BCUT2D eigenvalue weighted by Crippen LogP contribution is -2.24. The Labute approximate surface area is 99.8 Å². The first-order chi connectivity index (χ1) is 8.01. The molecule has 0 aliphatic rings. The minimum Gasteiger partial charge on any atom is -0.327 e. The minimum absolute atomic E-state index is 0.0338. The lowest BCUT2D eigenvalue weighted by molar-refractivity contribution is -0.118. The summed E-state index contributed by atoms with van der Waals surface area (Å²) in [4.78, 5) is 11.6. The second-order valence-corrected chi connectivity index (χ2v) is 4.25. The molecule has 4 heteroatoms. The van der Waals surface area contributed by atoms with E-state index in [-0.39, 0.29) is 24.7 Å². The number of halogens is 2. The van der Waals surface area contributed by atoms with Crippen LogP contribution in [0.25, 0.3) is 0 Å². The molecule has 2 N–H and O–H groups in total. The number of nitrogens with two attached hydrogens (primary N) is 1. The molecule has 0 amide bonds. The Hall–Kier alpha value is -1.29. The highest BCUT2D eigenvalue weighted by atomic mass is 19.1. The van der Waals surface area contributed by atoms with Gasteiger partial charge >= 0.3 is 0 Å². The van der Waals surface area contributed by atoms with Crippen LogP contribution in [0.15, 0.2) is 18.2 Å². The summed E-state index contributed by atoms with van der Waals surface area (Å²) >= 11 is 0. The predicted octanol–water partition coefficient (Wildman–Crippen LogP) is 2.59. The number of carbonyl (C=O) groups is 1. The van der Waals surface area contributed by atoms with Crippen molar-refractivity contribution in [3.63, 3.8) is 0 Å². The fourth-order valence-electron chi connectivity index (χ4n) is 1.78. The van der Waals surface area contributed by atoms with Crippen molar-refractivity contribution in [1.82, 2.24) is 0 Å². The highest BCUT2D eigenvalue weighted by molar-refractivity contribution is 5.81. The molecule has 1 atom stereocenters. The second-order valence-electron chi connectivity index (χ2n) is 4.25. The van der Waals surface area contributed by atoms with Gasteiger partial charge < -0.3 is 5.73 Å². The monoisotopic (exact) mass is 241 g/mol. The van der Waals surface area contributed by atoms with Gasteiger partial charge in [-0.1, -0.05) is 13.3 Å². The fraction of sp³-hybridized carbons (Fsp3) is 0.462. The topological polar surface area (TPSA) is 43.1 Å². The van der Waals surface area contributed by atoms with Crippen molar-refractivity contribution in [3.05, 3.63) is 35.4 Å². The molecule has 0 saturated carbocycles. The van der Waals surface area contributed by atoms with Gasteiger partial charge in [-0.3, -0.25) is 4.79 Å². The Morgan fingerprint density at radius 2 is 1.88 bits per heavy atom. The molecule has 0 aliphatic carbocycles. The molecule has 0 aromatic heterocycles. The van der Waals surface area contributed by atoms with Gasteiger partial charge in [0.05, 0.1) is 0 Å². The molecule has 2 nitrogen and oxygen atoms in total. The first-order valence-electron chi connectivity index (χ1n) is 5.73. The van der Waals surface area contributed by atoms with Gasteiger partial charge in [0.25, 0.3) is 0 Å². The average Bonchev–Trinajstić information content (AvgIpc) is 2.14. The lowest BCUT2D eigenvalue weighted by Gasteiger charge is -2.09. The molecule has 0 radical (unpaired) electrons. The smallest absolute Gasteiger partial charge is 0.138 e. The fourth-order valence-corrected chi connectivity index (χ4v) is 1.78. The van der Waals surface area contributed by atoms with E-state index < -0.39 is 11.6 Å². The molecular weight excluding hydrogens is 224 g/mol. The van der Waals surface area contributed by atoms with Crippen LogP contribution in [0.2, 0.25) is 0 Å². The van der Waals surface area contributed by atoms with E-state index >= 15 is 0 Å². The Balaban J connectivity index is 2.56. The number of hydrogen-bond donors (Lipinski definition) is 1. The summed E-state index contributed by atoms with van der Waals surface area (Å²) in [5.74, 6) is -1.41. The van der Waals surface area contributed by atoms with E-state index in [9.17, 15) is 13.6 Å². The summed E-state index contributed by atoms with van der Waals surface area (Å²) in [6, 6.07) is 2.97. The molecule has 1 aromatic carbocycles. The van der Waals surface area contributed by atoms with Crippen molar-refractivity contribution in [2.75, 3.05) is 0 Å². The molecule has 0 bridgehead atoms. The summed E-state index contributed by atoms with van der Waals surface area (Å²) in [5, 5.41) is 0. The quantitative estimate of drug-likeness (QED) is 0.831. The van der Waals surface area contributed by atoms with Crippen molar-refractivity contribution in [3.8, 4) is 0 Å². The summed E-state index contributed by atoms with van der Waals surface area (Å²) < 4.78 is 25.8. The van der Waals surface area contributed by atoms with Gasteiger partial charge in [-0.15, -0.1) is 0 Å². The number of carbonyl (C=O) groups excluding carboxylic acids is 1. The number of Topliss-reactive ketones (excluding diaryl/α,β-unsaturated/α-hetero) is 1. The second kappa shape index (κ2) is 6.45. The van der Waals surface area contributed by atoms with Crippen LogP contribution in [0.4, 0.5) is 8.78 Å². The van der Waals surface area contributed by atoms with Crippen LogP contribution in [0.1, 0.15) is 31.7 Å². The van der Waals surface area contributed by atoms with Crippen LogP contribution in [0.3, 0.4) is 0 Å². The Morgan fingerprint density at radius 1 is 1.29 bits per heavy atom. The van der Waals surface area contributed by atoms with E-state index in [1.54, 1.807) is 0 Å². The molecule has 0 saturated heterocycles. The van der Waals surface area contributed by atoms with Crippen LogP contribution in [0, 0.1) is 11.6 Å². The molecule has 1 rings (SSSR count). The zero-order valence-corrected chi connectivity index (χ0v) is 9.88. The van der Waals surface area contributed by atoms with Crippen molar-refractivity contribution in [1.29, 1.82) is 0 Å². The third kappa shape index (κ3) is 5.04. The highest BCUT2D eigenvalue weighted by Crippen LogP contribution is 2.10. The van der Waals surface area contributed by atoms with E-state index in [0.717, 1.165) is 18.9 Å². The summed E-state index contributed by atoms with van der Waals surface area (Å²) in [7, 11) is 0. The first-order valence-corrected chi connectivity index (χ1v) is 5.73. The number of ketones is 1. The Morgan fingerprint density at radius 3 is 2.41 bits per heavy atom. The molecule has 1 unspecified atom stereocenters. The summed E-state index contributed by atoms with van der Waals surface area (Å²) in [6.07, 6.45) is 1.99. The van der Waals surface area contributed by atoms with E-state index in [1.165, 1.54) is 12.1 Å². The summed E-state index contributed by atoms with van der Waals surface area (Å²) in [6.45, 7) is 1.99. The molecular formula is C13H17F2NO. The summed E-state index contributed by atoms with van der Waals surface area (Å²) in [5.41, 5.74) is 6.09. The van der Waals surface area contributed by atoms with Crippen molar-refractivity contribution in [2.45, 2.75) is 38.6 Å². The molecule has 17 heavy (non-hydrogen) atoms. The van der Waals surface area contributed by atoms with Crippen molar-refractivity contribution in [2.24, 2.45) is 5.73 Å². The van der Waals surface area contributed by atoms with Crippen molar-refractivity contribution >= 4 is 5.78 Å². The molecule has 0 spiro atoms. The van der Waals surface area contributed by atoms with Gasteiger partial charge in [-0.05, 0) is 24.1 Å². The van der Waals surface area contributed by atoms with Crippen LogP contribution in [0.5, 0.6) is 0 Å². The molecule has 0 aliphatic heterocycles. The average molecular weight is 241 g/mol. The predicted molar refractivity (Wildman–Crippen MR) is 62.6 cm³/mol. The van der Waals surface area contributed by atoms with Gasteiger partial charge in [0, 0.05) is 24.9 Å². The van der Waals surface area contributed by atoms with E-state index in [4.69, 9.17) is 5.73 Å². The zero-order valence-electron chi connectivity index (χ0n) is 9.88. The van der Waals surface area contributed by atoms with Gasteiger partial charge in [0.1, 0.15) is 17.4 Å². The van der Waals surface area contributed by atoms with Crippen molar-refractivity contribution < 1.29 is 13.6 Å². The van der Waals surface area contributed by atoms with Gasteiger partial charge in [-0.2, -0.15) is 0 Å². The molecule has 1 aromatic rings. The third-order valence-electron chi connectivity index (χ3n) is 2.47. The van der Waals surface area contributed by atoms with Gasteiger partial charge in [0.2, 0.25) is 0 Å². The standard InChI is InChI=1S/C13H17F2NO/c1-2-3-12(16)8-13(17)6-9-4-10(14)7-11(15)5-9/h4-5,7,12H,2-3,6,8,16H2,1H3. The molecule has 0 heterocycles. The normalized spacial score (nSPS) is 12.5. The maximum Gasteiger partial charge on any atom is 0.138 e.